The molecule has 0 amide bonds. The van der Waals surface area contributed by atoms with Crippen molar-refractivity contribution in [1.29, 1.82) is 0 Å². The first-order valence-electron chi connectivity index (χ1n) is 7.81. The fourth-order valence-electron chi connectivity index (χ4n) is 3.02. The molecule has 1 unspecified atom stereocenters. The van der Waals surface area contributed by atoms with Crippen LogP contribution in [-0.4, -0.2) is 37.0 Å². The van der Waals surface area contributed by atoms with Crippen molar-refractivity contribution in [2.45, 2.75) is 38.7 Å². The molecule has 1 N–H and O–H groups in total. The number of benzene rings is 1. The Morgan fingerprint density at radius 2 is 2.08 bits per heavy atom. The van der Waals surface area contributed by atoms with Gasteiger partial charge in [0.15, 0.2) is 5.60 Å². The van der Waals surface area contributed by atoms with Crippen molar-refractivity contribution in [1.82, 2.24) is 4.90 Å². The number of fused-ring (bicyclic) bond motifs is 1. The summed E-state index contributed by atoms with van der Waals surface area (Å²) in [6.45, 7) is 9.57. The maximum Gasteiger partial charge on any atom is 0.306 e. The second-order valence-corrected chi connectivity index (χ2v) is 6.36. The molecule has 132 valence electrons. The van der Waals surface area contributed by atoms with Gasteiger partial charge in [-0.1, -0.05) is 5.57 Å². The first kappa shape index (κ1) is 18.4. The van der Waals surface area contributed by atoms with E-state index in [0.717, 1.165) is 6.54 Å². The molecule has 0 radical (unpaired) electrons. The van der Waals surface area contributed by atoms with E-state index in [4.69, 9.17) is 4.74 Å². The summed E-state index contributed by atoms with van der Waals surface area (Å²) in [5, 5.41) is 10.6. The van der Waals surface area contributed by atoms with Crippen molar-refractivity contribution in [3.8, 4) is 5.75 Å². The molecule has 1 atom stereocenters. The fraction of sp³-hybridized carbons (Fsp3) is 0.500. The van der Waals surface area contributed by atoms with E-state index in [1.54, 1.807) is 26.3 Å². The number of rotatable bonds is 6. The van der Waals surface area contributed by atoms with Crippen molar-refractivity contribution in [2.75, 3.05) is 20.7 Å². The highest BCUT2D eigenvalue weighted by Crippen LogP contribution is 2.64. The van der Waals surface area contributed by atoms with Crippen LogP contribution in [0.25, 0.3) is 0 Å². The third kappa shape index (κ3) is 2.59. The van der Waals surface area contributed by atoms with Crippen LogP contribution in [0.1, 0.15) is 37.0 Å². The normalized spacial score (nSPS) is 21.3. The van der Waals surface area contributed by atoms with Crippen molar-refractivity contribution in [2.24, 2.45) is 4.99 Å². The number of nitrogens with zero attached hydrogens (tertiary/aromatic N) is 2. The number of hydrogen-bond donors (Lipinski definition) is 1. The van der Waals surface area contributed by atoms with Gasteiger partial charge in [0.2, 0.25) is 0 Å². The van der Waals surface area contributed by atoms with Crippen LogP contribution >= 0.6 is 0 Å². The zero-order valence-electron chi connectivity index (χ0n) is 14.8. The zero-order valence-corrected chi connectivity index (χ0v) is 14.8. The average Bonchev–Trinajstić information content (AvgIpc) is 2.51. The maximum atomic E-state index is 14.8. The fourth-order valence-corrected chi connectivity index (χ4v) is 3.02. The van der Waals surface area contributed by atoms with Crippen molar-refractivity contribution in [3.63, 3.8) is 0 Å². The van der Waals surface area contributed by atoms with Crippen LogP contribution in [0.3, 0.4) is 0 Å². The Labute approximate surface area is 141 Å². The van der Waals surface area contributed by atoms with E-state index in [1.807, 2.05) is 18.9 Å². The lowest BCUT2D eigenvalue weighted by Crippen LogP contribution is -2.54. The Morgan fingerprint density at radius 1 is 1.46 bits per heavy atom. The van der Waals surface area contributed by atoms with Gasteiger partial charge in [0.25, 0.3) is 0 Å². The van der Waals surface area contributed by atoms with Gasteiger partial charge in [-0.3, -0.25) is 0 Å². The van der Waals surface area contributed by atoms with Gasteiger partial charge in [0.1, 0.15) is 5.75 Å². The van der Waals surface area contributed by atoms with Crippen LogP contribution < -0.4 is 4.74 Å². The molecule has 0 fully saturated rings. The molecule has 1 aromatic carbocycles. The molecule has 0 bridgehead atoms. The molecule has 1 aliphatic carbocycles. The summed E-state index contributed by atoms with van der Waals surface area (Å²) in [7, 11) is 3.24. The predicted octanol–water partition coefficient (Wildman–Crippen LogP) is 3.87. The summed E-state index contributed by atoms with van der Waals surface area (Å²) in [5.74, 6) is -3.16. The van der Waals surface area contributed by atoms with Crippen molar-refractivity contribution in [3.05, 3.63) is 34.9 Å². The van der Waals surface area contributed by atoms with Gasteiger partial charge in [-0.25, -0.2) is 4.99 Å². The summed E-state index contributed by atoms with van der Waals surface area (Å²) in [6, 6.07) is 1.59. The van der Waals surface area contributed by atoms with Gasteiger partial charge in [0, 0.05) is 37.2 Å². The van der Waals surface area contributed by atoms with E-state index >= 15 is 0 Å². The number of ether oxygens (including phenoxy) is 1. The SMILES string of the molecule is C=C(C)CC1(O)c2c(OC)cc(/N=C/N(C)CC)c(C)c2C1(F)F. The van der Waals surface area contributed by atoms with Crippen molar-refractivity contribution >= 4 is 12.0 Å². The highest BCUT2D eigenvalue weighted by atomic mass is 19.3. The smallest absolute Gasteiger partial charge is 0.306 e. The molecule has 4 nitrogen and oxygen atoms in total. The Morgan fingerprint density at radius 3 is 2.58 bits per heavy atom. The van der Waals surface area contributed by atoms with Crippen LogP contribution in [0.5, 0.6) is 5.75 Å². The summed E-state index contributed by atoms with van der Waals surface area (Å²) in [4.78, 5) is 6.12. The number of hydrogen-bond acceptors (Lipinski definition) is 3. The third-order valence-corrected chi connectivity index (χ3v) is 4.44. The summed E-state index contributed by atoms with van der Waals surface area (Å²) in [6.07, 6.45) is 1.37. The van der Waals surface area contributed by atoms with Gasteiger partial charge in [-0.15, -0.1) is 6.58 Å². The maximum absolute atomic E-state index is 14.8. The Bertz CT molecular complexity index is 701. The van der Waals surface area contributed by atoms with Crippen LogP contribution in [0.2, 0.25) is 0 Å². The number of aliphatic hydroxyl groups is 1. The molecule has 0 aliphatic heterocycles. The minimum Gasteiger partial charge on any atom is -0.496 e. The summed E-state index contributed by atoms with van der Waals surface area (Å²) < 4.78 is 34.8. The Balaban J connectivity index is 2.62. The molecule has 6 heteroatoms. The van der Waals surface area contributed by atoms with E-state index in [-0.39, 0.29) is 23.3 Å². The lowest BCUT2D eigenvalue weighted by molar-refractivity contribution is -0.226. The first-order valence-corrected chi connectivity index (χ1v) is 7.81. The minimum absolute atomic E-state index is 0.137. The second-order valence-electron chi connectivity index (χ2n) is 6.36. The molecule has 0 heterocycles. The van der Waals surface area contributed by atoms with Crippen LogP contribution in [0.4, 0.5) is 14.5 Å². The van der Waals surface area contributed by atoms with Gasteiger partial charge < -0.3 is 14.7 Å². The molecule has 24 heavy (non-hydrogen) atoms. The molecular formula is C18H24F2N2O2. The highest BCUT2D eigenvalue weighted by molar-refractivity contribution is 5.71. The molecule has 0 saturated carbocycles. The second kappa shape index (κ2) is 6.16. The van der Waals surface area contributed by atoms with E-state index in [1.165, 1.54) is 7.11 Å². The molecular weight excluding hydrogens is 314 g/mol. The number of halogens is 2. The van der Waals surface area contributed by atoms with Crippen LogP contribution in [0, 0.1) is 6.92 Å². The quantitative estimate of drug-likeness (QED) is 0.486. The van der Waals surface area contributed by atoms with Gasteiger partial charge in [-0.2, -0.15) is 8.78 Å². The molecule has 2 rings (SSSR count). The molecule has 1 aromatic rings. The highest BCUT2D eigenvalue weighted by Gasteiger charge is 2.67. The van der Waals surface area contributed by atoms with Crippen molar-refractivity contribution < 1.29 is 18.6 Å². The van der Waals surface area contributed by atoms with Gasteiger partial charge in [-0.05, 0) is 26.3 Å². The van der Waals surface area contributed by atoms with E-state index in [9.17, 15) is 13.9 Å². The molecule has 0 spiro atoms. The largest absolute Gasteiger partial charge is 0.496 e. The average molecular weight is 338 g/mol. The Hall–Kier alpha value is -1.95. The molecule has 1 aliphatic rings. The monoisotopic (exact) mass is 338 g/mol. The lowest BCUT2D eigenvalue weighted by Gasteiger charge is -2.48. The number of methoxy groups -OCH3 is 1. The Kier molecular flexibility index (Phi) is 4.72. The standard InChI is InChI=1S/C18H24F2N2O2/c1-7-22(5)10-21-13-8-14(24-6)16-15(12(13)4)18(19,20)17(16,23)9-11(2)3/h8,10,23H,2,7,9H2,1,3-6H3/b21-10+. The topological polar surface area (TPSA) is 45.1 Å². The van der Waals surface area contributed by atoms with Gasteiger partial charge in [0.05, 0.1) is 19.1 Å². The predicted molar refractivity (Wildman–Crippen MR) is 91.4 cm³/mol. The number of aliphatic imine (C=N–C) groups is 1. The molecule has 0 saturated heterocycles. The lowest BCUT2D eigenvalue weighted by atomic mass is 9.64. The van der Waals surface area contributed by atoms with Crippen LogP contribution in [-0.2, 0) is 11.5 Å². The van der Waals surface area contributed by atoms with E-state index < -0.39 is 11.5 Å². The summed E-state index contributed by atoms with van der Waals surface area (Å²) in [5.41, 5.74) is -1.11. The third-order valence-electron chi connectivity index (χ3n) is 4.44. The molecule has 0 aromatic heterocycles. The first-order chi connectivity index (χ1) is 11.1. The zero-order chi connectivity index (χ0) is 18.3. The summed E-state index contributed by atoms with van der Waals surface area (Å²) >= 11 is 0. The van der Waals surface area contributed by atoms with E-state index in [0.29, 0.717) is 16.8 Å². The van der Waals surface area contributed by atoms with Gasteiger partial charge >= 0.3 is 5.92 Å². The number of alkyl halides is 2. The van der Waals surface area contributed by atoms with E-state index in [2.05, 4.69) is 11.6 Å². The minimum atomic E-state index is -3.37. The van der Waals surface area contributed by atoms with Crippen LogP contribution in [0.15, 0.2) is 23.2 Å².